The topological polar surface area (TPSA) is 92.3 Å². The third-order valence-electron chi connectivity index (χ3n) is 6.41. The van der Waals surface area contributed by atoms with Crippen molar-refractivity contribution >= 4 is 46.0 Å². The molecule has 0 unspecified atom stereocenters. The summed E-state index contributed by atoms with van der Waals surface area (Å²) in [4.78, 5) is 32.2. The molecule has 0 saturated carbocycles. The lowest BCUT2D eigenvalue weighted by molar-refractivity contribution is -0.139. The molecule has 8 nitrogen and oxygen atoms in total. The second kappa shape index (κ2) is 12.1. The number of nitrogens with zero attached hydrogens (tertiary/aromatic N) is 2. The van der Waals surface area contributed by atoms with E-state index in [4.69, 9.17) is 18.6 Å². The first-order valence-corrected chi connectivity index (χ1v) is 15.0. The Morgan fingerprint density at radius 3 is 2.59 bits per heavy atom. The summed E-state index contributed by atoms with van der Waals surface area (Å²) in [6, 6.07) is 16.3. The Balaban J connectivity index is 1.64. The van der Waals surface area contributed by atoms with Crippen LogP contribution in [-0.2, 0) is 9.53 Å². The summed E-state index contributed by atoms with van der Waals surface area (Å²) >= 11 is 3.50. The second-order valence-electron chi connectivity index (χ2n) is 9.59. The number of thiazole rings is 1. The van der Waals surface area contributed by atoms with Gasteiger partial charge >= 0.3 is 5.97 Å². The molecule has 1 aliphatic rings. The molecule has 2 aromatic heterocycles. The lowest BCUT2D eigenvalue weighted by atomic mass is 9.95. The predicted octanol–water partition coefficient (Wildman–Crippen LogP) is 5.46. The SMILES string of the molecule is CCOC(=O)C1=C(C)N=c2s/c(=C\c3ccc(-c4ccc(I)cc4)o3)c(=O)n2[C@H]1c1ccc(OC(C)C)c(OC)c1. The largest absolute Gasteiger partial charge is 0.493 e. The number of hydrogen-bond acceptors (Lipinski definition) is 8. The van der Waals surface area contributed by atoms with Gasteiger partial charge in [-0.15, -0.1) is 0 Å². The minimum Gasteiger partial charge on any atom is -0.493 e. The van der Waals surface area contributed by atoms with Gasteiger partial charge in [-0.2, -0.15) is 0 Å². The zero-order valence-corrected chi connectivity index (χ0v) is 26.2. The van der Waals surface area contributed by atoms with Crippen molar-refractivity contribution in [2.24, 2.45) is 4.99 Å². The van der Waals surface area contributed by atoms with Gasteiger partial charge in [-0.1, -0.05) is 29.5 Å². The number of halogens is 1. The van der Waals surface area contributed by atoms with Crippen LogP contribution in [0.25, 0.3) is 17.4 Å². The van der Waals surface area contributed by atoms with Gasteiger partial charge in [0, 0.05) is 15.2 Å². The number of furan rings is 1. The van der Waals surface area contributed by atoms with E-state index in [1.165, 1.54) is 15.9 Å². The molecule has 3 heterocycles. The van der Waals surface area contributed by atoms with Gasteiger partial charge in [0.15, 0.2) is 16.3 Å². The summed E-state index contributed by atoms with van der Waals surface area (Å²) in [7, 11) is 1.55. The van der Waals surface area contributed by atoms with Crippen molar-refractivity contribution in [3.05, 3.63) is 100 Å². The highest BCUT2D eigenvalue weighted by molar-refractivity contribution is 14.1. The number of carbonyl (C=O) groups excluding carboxylic acids is 1. The highest BCUT2D eigenvalue weighted by Gasteiger charge is 2.34. The normalized spacial score (nSPS) is 15.1. The lowest BCUT2D eigenvalue weighted by Gasteiger charge is -2.25. The third-order valence-corrected chi connectivity index (χ3v) is 8.11. The zero-order chi connectivity index (χ0) is 29.3. The molecule has 5 rings (SSSR count). The monoisotopic (exact) mass is 684 g/mol. The maximum absolute atomic E-state index is 13.9. The molecule has 0 amide bonds. The van der Waals surface area contributed by atoms with Gasteiger partial charge in [0.05, 0.1) is 41.7 Å². The number of fused-ring (bicyclic) bond motifs is 1. The van der Waals surface area contributed by atoms with Crippen LogP contribution in [0.3, 0.4) is 0 Å². The van der Waals surface area contributed by atoms with E-state index in [2.05, 4.69) is 27.6 Å². The minimum atomic E-state index is -0.770. The minimum absolute atomic E-state index is 0.0579. The second-order valence-corrected chi connectivity index (χ2v) is 11.8. The van der Waals surface area contributed by atoms with E-state index in [0.717, 1.165) is 9.13 Å². The van der Waals surface area contributed by atoms with Crippen molar-refractivity contribution in [1.82, 2.24) is 4.57 Å². The Labute approximate surface area is 254 Å². The summed E-state index contributed by atoms with van der Waals surface area (Å²) < 4.78 is 26.1. The van der Waals surface area contributed by atoms with E-state index < -0.39 is 12.0 Å². The van der Waals surface area contributed by atoms with E-state index >= 15 is 0 Å². The fraction of sp³-hybridized carbons (Fsp3) is 0.258. The molecule has 0 aliphatic carbocycles. The summed E-state index contributed by atoms with van der Waals surface area (Å²) in [6.45, 7) is 7.55. The van der Waals surface area contributed by atoms with E-state index in [-0.39, 0.29) is 18.3 Å². The van der Waals surface area contributed by atoms with Crippen LogP contribution in [0.5, 0.6) is 11.5 Å². The Morgan fingerprint density at radius 2 is 1.90 bits per heavy atom. The molecular formula is C31H29IN2O6S. The van der Waals surface area contributed by atoms with Gasteiger partial charge in [-0.05, 0) is 92.2 Å². The predicted molar refractivity (Wildman–Crippen MR) is 166 cm³/mol. The van der Waals surface area contributed by atoms with E-state index in [1.807, 2.05) is 56.3 Å². The fourth-order valence-corrected chi connectivity index (χ4v) is 6.03. The number of allylic oxidation sites excluding steroid dienone is 1. The van der Waals surface area contributed by atoms with Crippen molar-refractivity contribution < 1.29 is 23.4 Å². The van der Waals surface area contributed by atoms with Crippen molar-refractivity contribution in [2.75, 3.05) is 13.7 Å². The maximum atomic E-state index is 13.9. The van der Waals surface area contributed by atoms with Crippen molar-refractivity contribution in [2.45, 2.75) is 39.8 Å². The highest BCUT2D eigenvalue weighted by Crippen LogP contribution is 2.36. The molecular weight excluding hydrogens is 655 g/mol. The van der Waals surface area contributed by atoms with Gasteiger partial charge in [0.25, 0.3) is 5.56 Å². The molecule has 212 valence electrons. The summed E-state index contributed by atoms with van der Waals surface area (Å²) in [5, 5.41) is 0. The average molecular weight is 685 g/mol. The molecule has 0 N–H and O–H groups in total. The van der Waals surface area contributed by atoms with Crippen LogP contribution in [0.2, 0.25) is 0 Å². The molecule has 4 aromatic rings. The lowest BCUT2D eigenvalue weighted by Crippen LogP contribution is -2.40. The number of benzene rings is 2. The first kappa shape index (κ1) is 28.9. The van der Waals surface area contributed by atoms with Gasteiger partial charge in [0.1, 0.15) is 11.5 Å². The van der Waals surface area contributed by atoms with Crippen molar-refractivity contribution in [1.29, 1.82) is 0 Å². The zero-order valence-electron chi connectivity index (χ0n) is 23.3. The molecule has 0 bridgehead atoms. The van der Waals surface area contributed by atoms with Crippen LogP contribution < -0.4 is 24.4 Å². The molecule has 1 atom stereocenters. The first-order valence-electron chi connectivity index (χ1n) is 13.1. The number of esters is 1. The van der Waals surface area contributed by atoms with Crippen LogP contribution in [0.1, 0.15) is 45.1 Å². The van der Waals surface area contributed by atoms with E-state index in [9.17, 15) is 9.59 Å². The molecule has 0 saturated heterocycles. The Kier molecular flexibility index (Phi) is 8.50. The van der Waals surface area contributed by atoms with Gasteiger partial charge < -0.3 is 18.6 Å². The van der Waals surface area contributed by atoms with Crippen LogP contribution in [0.4, 0.5) is 0 Å². The fourth-order valence-electron chi connectivity index (χ4n) is 4.64. The van der Waals surface area contributed by atoms with Gasteiger partial charge in [0.2, 0.25) is 0 Å². The van der Waals surface area contributed by atoms with Crippen LogP contribution in [0, 0.1) is 3.57 Å². The molecule has 0 spiro atoms. The molecule has 0 radical (unpaired) electrons. The summed E-state index contributed by atoms with van der Waals surface area (Å²) in [6.07, 6.45) is 1.65. The third kappa shape index (κ3) is 5.89. The summed E-state index contributed by atoms with van der Waals surface area (Å²) in [5.41, 5.74) is 2.11. The number of carbonyl (C=O) groups is 1. The Morgan fingerprint density at radius 1 is 1.15 bits per heavy atom. The molecule has 10 heteroatoms. The van der Waals surface area contributed by atoms with Gasteiger partial charge in [-0.3, -0.25) is 9.36 Å². The van der Waals surface area contributed by atoms with Gasteiger partial charge in [-0.25, -0.2) is 9.79 Å². The Hall–Kier alpha value is -3.64. The maximum Gasteiger partial charge on any atom is 0.338 e. The summed E-state index contributed by atoms with van der Waals surface area (Å²) in [5.74, 6) is 1.78. The average Bonchev–Trinajstić information content (AvgIpc) is 3.52. The number of ether oxygens (including phenoxy) is 3. The standard InChI is InChI=1S/C31H29IN2O6S/c1-6-38-30(36)27-18(4)33-31-34(28(27)20-9-13-24(39-17(2)3)25(15-20)37-5)29(35)26(41-31)16-22-12-14-23(40-22)19-7-10-21(32)11-8-19/h7-17,28H,6H2,1-5H3/b26-16-/t28-/m0/s1. The van der Waals surface area contributed by atoms with Crippen LogP contribution in [0.15, 0.2) is 80.1 Å². The highest BCUT2D eigenvalue weighted by atomic mass is 127. The van der Waals surface area contributed by atoms with Crippen molar-refractivity contribution in [3.63, 3.8) is 0 Å². The molecule has 41 heavy (non-hydrogen) atoms. The van der Waals surface area contributed by atoms with E-state index in [1.54, 1.807) is 39.2 Å². The molecule has 2 aromatic carbocycles. The first-order chi connectivity index (χ1) is 19.7. The molecule has 0 fully saturated rings. The molecule has 1 aliphatic heterocycles. The number of hydrogen-bond donors (Lipinski definition) is 0. The number of aromatic nitrogens is 1. The number of rotatable bonds is 8. The van der Waals surface area contributed by atoms with E-state index in [0.29, 0.717) is 49.2 Å². The Bertz CT molecular complexity index is 1810. The smallest absolute Gasteiger partial charge is 0.338 e. The quantitative estimate of drug-likeness (QED) is 0.181. The van der Waals surface area contributed by atoms with Crippen molar-refractivity contribution in [3.8, 4) is 22.8 Å². The van der Waals surface area contributed by atoms with Crippen LogP contribution >= 0.6 is 33.9 Å². The number of methoxy groups -OCH3 is 1. The van der Waals surface area contributed by atoms with Crippen LogP contribution in [-0.4, -0.2) is 30.4 Å².